The molecule has 1 aromatic carbocycles. The molecule has 0 radical (unpaired) electrons. The molecule has 2 heterocycles. The maximum Gasteiger partial charge on any atom is 0.410 e. The van der Waals surface area contributed by atoms with Gasteiger partial charge in [-0.05, 0) is 45.2 Å². The standard InChI is InChI=1S/C20H28N2O5/c1-20(2,3)27-19(24)22-9-8-14(13-22)12-21(4)18(23)15-6-5-7-16-17(15)26-11-10-25-16/h5-7,14H,8-13H2,1-4H3/t14-/m1/s1. The number of para-hydroxylation sites is 1. The molecule has 0 aliphatic carbocycles. The lowest BCUT2D eigenvalue weighted by molar-refractivity contribution is 0.0286. The van der Waals surface area contributed by atoms with E-state index in [2.05, 4.69) is 0 Å². The molecular weight excluding hydrogens is 348 g/mol. The second kappa shape index (κ2) is 7.66. The summed E-state index contributed by atoms with van der Waals surface area (Å²) in [5.74, 6) is 1.25. The zero-order valence-corrected chi connectivity index (χ0v) is 16.5. The Morgan fingerprint density at radius 1 is 1.26 bits per heavy atom. The Hall–Kier alpha value is -2.44. The first-order chi connectivity index (χ1) is 12.7. The van der Waals surface area contributed by atoms with Crippen LogP contribution in [-0.4, -0.2) is 67.3 Å². The fourth-order valence-corrected chi connectivity index (χ4v) is 3.39. The van der Waals surface area contributed by atoms with Crippen molar-refractivity contribution in [3.63, 3.8) is 0 Å². The fourth-order valence-electron chi connectivity index (χ4n) is 3.39. The van der Waals surface area contributed by atoms with Crippen LogP contribution in [0.3, 0.4) is 0 Å². The predicted octanol–water partition coefficient (Wildman–Crippen LogP) is 2.79. The van der Waals surface area contributed by atoms with E-state index in [0.29, 0.717) is 49.9 Å². The van der Waals surface area contributed by atoms with Crippen LogP contribution in [0.25, 0.3) is 0 Å². The number of carbonyl (C=O) groups is 2. The third-order valence-corrected chi connectivity index (χ3v) is 4.61. The van der Waals surface area contributed by atoms with E-state index in [1.165, 1.54) is 0 Å². The van der Waals surface area contributed by atoms with E-state index >= 15 is 0 Å². The highest BCUT2D eigenvalue weighted by atomic mass is 16.6. The summed E-state index contributed by atoms with van der Waals surface area (Å²) in [4.78, 5) is 28.5. The van der Waals surface area contributed by atoms with E-state index in [1.807, 2.05) is 20.8 Å². The van der Waals surface area contributed by atoms with Gasteiger partial charge < -0.3 is 24.0 Å². The van der Waals surface area contributed by atoms with Crippen molar-refractivity contribution in [3.8, 4) is 11.5 Å². The van der Waals surface area contributed by atoms with Gasteiger partial charge in [-0.2, -0.15) is 0 Å². The molecule has 0 unspecified atom stereocenters. The molecule has 7 heteroatoms. The van der Waals surface area contributed by atoms with Gasteiger partial charge in [0.25, 0.3) is 5.91 Å². The van der Waals surface area contributed by atoms with Crippen LogP contribution in [0.15, 0.2) is 18.2 Å². The minimum absolute atomic E-state index is 0.104. The molecule has 2 aliphatic heterocycles. The van der Waals surface area contributed by atoms with E-state index < -0.39 is 5.60 Å². The number of likely N-dealkylation sites (tertiary alicyclic amines) is 1. The van der Waals surface area contributed by atoms with E-state index in [9.17, 15) is 9.59 Å². The average Bonchev–Trinajstić information content (AvgIpc) is 3.08. The van der Waals surface area contributed by atoms with Crippen molar-refractivity contribution in [2.75, 3.05) is 39.9 Å². The van der Waals surface area contributed by atoms with Crippen LogP contribution in [0.1, 0.15) is 37.6 Å². The van der Waals surface area contributed by atoms with Crippen LogP contribution in [0, 0.1) is 5.92 Å². The van der Waals surface area contributed by atoms with Crippen molar-refractivity contribution in [2.24, 2.45) is 5.92 Å². The van der Waals surface area contributed by atoms with Gasteiger partial charge in [0.15, 0.2) is 11.5 Å². The van der Waals surface area contributed by atoms with Gasteiger partial charge in [0, 0.05) is 26.7 Å². The van der Waals surface area contributed by atoms with Crippen LogP contribution in [0.5, 0.6) is 11.5 Å². The number of carbonyl (C=O) groups excluding carboxylic acids is 2. The van der Waals surface area contributed by atoms with Gasteiger partial charge in [0.1, 0.15) is 18.8 Å². The number of ether oxygens (including phenoxy) is 3. The lowest BCUT2D eigenvalue weighted by atomic mass is 10.1. The molecule has 148 valence electrons. The first-order valence-corrected chi connectivity index (χ1v) is 9.36. The van der Waals surface area contributed by atoms with Crippen LogP contribution < -0.4 is 9.47 Å². The molecule has 7 nitrogen and oxygen atoms in total. The molecule has 27 heavy (non-hydrogen) atoms. The minimum Gasteiger partial charge on any atom is -0.486 e. The Morgan fingerprint density at radius 3 is 2.74 bits per heavy atom. The van der Waals surface area contributed by atoms with E-state index in [4.69, 9.17) is 14.2 Å². The van der Waals surface area contributed by atoms with Crippen molar-refractivity contribution in [1.82, 2.24) is 9.80 Å². The molecule has 1 atom stereocenters. The van der Waals surface area contributed by atoms with Gasteiger partial charge in [-0.25, -0.2) is 4.79 Å². The topological polar surface area (TPSA) is 68.3 Å². The first-order valence-electron chi connectivity index (χ1n) is 9.36. The SMILES string of the molecule is CN(C[C@H]1CCN(C(=O)OC(C)(C)C)C1)C(=O)c1cccc2c1OCCO2. The van der Waals surface area contributed by atoms with E-state index in [1.54, 1.807) is 35.0 Å². The Kier molecular flexibility index (Phi) is 5.48. The minimum atomic E-state index is -0.504. The lowest BCUT2D eigenvalue weighted by Gasteiger charge is -2.26. The van der Waals surface area contributed by atoms with Gasteiger partial charge in [-0.1, -0.05) is 6.07 Å². The largest absolute Gasteiger partial charge is 0.486 e. The van der Waals surface area contributed by atoms with Gasteiger partial charge in [0.05, 0.1) is 5.56 Å². The number of fused-ring (bicyclic) bond motifs is 1. The Bertz CT molecular complexity index is 713. The Labute approximate surface area is 160 Å². The summed E-state index contributed by atoms with van der Waals surface area (Å²) < 4.78 is 16.6. The molecule has 2 aliphatic rings. The predicted molar refractivity (Wildman–Crippen MR) is 100 cm³/mol. The summed E-state index contributed by atoms with van der Waals surface area (Å²) in [7, 11) is 1.78. The molecule has 1 aromatic rings. The third-order valence-electron chi connectivity index (χ3n) is 4.61. The maximum absolute atomic E-state index is 12.9. The van der Waals surface area contributed by atoms with Crippen molar-refractivity contribution in [1.29, 1.82) is 0 Å². The second-order valence-corrected chi connectivity index (χ2v) is 8.10. The van der Waals surface area contributed by atoms with Crippen LogP contribution in [0.2, 0.25) is 0 Å². The van der Waals surface area contributed by atoms with E-state index in [0.717, 1.165) is 6.42 Å². The monoisotopic (exact) mass is 376 g/mol. The number of hydrogen-bond acceptors (Lipinski definition) is 5. The zero-order valence-electron chi connectivity index (χ0n) is 16.5. The number of amides is 2. The summed E-state index contributed by atoms with van der Waals surface area (Å²) in [6.07, 6.45) is 0.560. The summed E-state index contributed by atoms with van der Waals surface area (Å²) in [5.41, 5.74) is 0.00726. The number of rotatable bonds is 3. The maximum atomic E-state index is 12.9. The highest BCUT2D eigenvalue weighted by Crippen LogP contribution is 2.34. The summed E-state index contributed by atoms with van der Waals surface area (Å²) in [6, 6.07) is 5.36. The van der Waals surface area contributed by atoms with E-state index in [-0.39, 0.29) is 17.9 Å². The molecule has 0 saturated carbocycles. The molecule has 0 bridgehead atoms. The molecule has 0 spiro atoms. The first kappa shape index (κ1) is 19.3. The average molecular weight is 376 g/mol. The van der Waals surface area contributed by atoms with Gasteiger partial charge >= 0.3 is 6.09 Å². The number of hydrogen-bond donors (Lipinski definition) is 0. The highest BCUT2D eigenvalue weighted by Gasteiger charge is 2.31. The second-order valence-electron chi connectivity index (χ2n) is 8.10. The van der Waals surface area contributed by atoms with Gasteiger partial charge in [-0.3, -0.25) is 4.79 Å². The number of nitrogens with zero attached hydrogens (tertiary/aromatic N) is 2. The van der Waals surface area contributed by atoms with Gasteiger partial charge in [0.2, 0.25) is 0 Å². The van der Waals surface area contributed by atoms with Crippen LogP contribution in [0.4, 0.5) is 4.79 Å². The van der Waals surface area contributed by atoms with Crippen LogP contribution >= 0.6 is 0 Å². The number of benzene rings is 1. The third kappa shape index (κ3) is 4.64. The molecule has 1 saturated heterocycles. The highest BCUT2D eigenvalue weighted by molar-refractivity contribution is 5.97. The molecule has 3 rings (SSSR count). The fraction of sp³-hybridized carbons (Fsp3) is 0.600. The quantitative estimate of drug-likeness (QED) is 0.811. The van der Waals surface area contributed by atoms with Gasteiger partial charge in [-0.15, -0.1) is 0 Å². The molecule has 1 fully saturated rings. The molecule has 0 N–H and O–H groups in total. The lowest BCUT2D eigenvalue weighted by Crippen LogP contribution is -2.37. The normalized spacial score (nSPS) is 19.0. The summed E-state index contributed by atoms with van der Waals surface area (Å²) >= 11 is 0. The summed E-state index contributed by atoms with van der Waals surface area (Å²) in [6.45, 7) is 8.32. The molecular formula is C20H28N2O5. The molecule has 0 aromatic heterocycles. The smallest absolute Gasteiger partial charge is 0.410 e. The van der Waals surface area contributed by atoms with Crippen molar-refractivity contribution >= 4 is 12.0 Å². The zero-order chi connectivity index (χ0) is 19.6. The van der Waals surface area contributed by atoms with Crippen molar-refractivity contribution in [2.45, 2.75) is 32.8 Å². The van der Waals surface area contributed by atoms with Crippen molar-refractivity contribution in [3.05, 3.63) is 23.8 Å². The summed E-state index contributed by atoms with van der Waals surface area (Å²) in [5, 5.41) is 0. The Morgan fingerprint density at radius 2 is 2.00 bits per heavy atom. The van der Waals surface area contributed by atoms with Crippen molar-refractivity contribution < 1.29 is 23.8 Å². The molecule has 2 amide bonds. The van der Waals surface area contributed by atoms with Crippen LogP contribution in [-0.2, 0) is 4.74 Å². The Balaban J connectivity index is 1.59.